The number of rotatable bonds is 3. The van der Waals surface area contributed by atoms with Gasteiger partial charge in [0.1, 0.15) is 0 Å². The summed E-state index contributed by atoms with van der Waals surface area (Å²) in [5.74, 6) is -0.0424. The van der Waals surface area contributed by atoms with Gasteiger partial charge >= 0.3 is 0 Å². The molecule has 1 aliphatic heterocycles. The number of carbonyl (C=O) groups excluding carboxylic acids is 2. The van der Waals surface area contributed by atoms with Crippen LogP contribution in [0.15, 0.2) is 24.3 Å². The Balaban J connectivity index is 1.84. The lowest BCUT2D eigenvalue weighted by molar-refractivity contribution is -0.885. The lowest BCUT2D eigenvalue weighted by atomic mass is 10.3. The fourth-order valence-electron chi connectivity index (χ4n) is 1.87. The predicted octanol–water partition coefficient (Wildman–Crippen LogP) is -0.756. The molecule has 0 saturated carbocycles. The summed E-state index contributed by atoms with van der Waals surface area (Å²) in [6.07, 6.45) is 0. The Morgan fingerprint density at radius 1 is 1.39 bits per heavy atom. The summed E-state index contributed by atoms with van der Waals surface area (Å²) in [6.45, 7) is 2.15. The molecular weight excluding hydrogens is 345 g/mol. The van der Waals surface area contributed by atoms with Crippen molar-refractivity contribution in [1.29, 1.82) is 0 Å². The molecule has 1 aromatic carbocycles. The first-order valence-corrected chi connectivity index (χ1v) is 6.87. The number of anilines is 1. The normalized spacial score (nSPS) is 19.2. The zero-order chi connectivity index (χ0) is 13.0. The number of quaternary nitrogens is 1. The number of amides is 2. The molecule has 1 atom stereocenters. The van der Waals surface area contributed by atoms with E-state index in [0.717, 1.165) is 20.7 Å². The van der Waals surface area contributed by atoms with Gasteiger partial charge in [0.25, 0.3) is 11.8 Å². The minimum Gasteiger partial charge on any atom is -0.346 e. The van der Waals surface area contributed by atoms with Crippen LogP contribution in [0.4, 0.5) is 5.69 Å². The van der Waals surface area contributed by atoms with Gasteiger partial charge in [0.2, 0.25) is 0 Å². The van der Waals surface area contributed by atoms with Crippen molar-refractivity contribution in [3.05, 3.63) is 27.8 Å². The fourth-order valence-corrected chi connectivity index (χ4v) is 2.23. The van der Waals surface area contributed by atoms with Crippen molar-refractivity contribution in [2.75, 3.05) is 31.5 Å². The van der Waals surface area contributed by atoms with Crippen molar-refractivity contribution in [3.8, 4) is 0 Å². The molecule has 0 spiro atoms. The van der Waals surface area contributed by atoms with Crippen molar-refractivity contribution >= 4 is 40.1 Å². The van der Waals surface area contributed by atoms with E-state index in [1.807, 2.05) is 24.3 Å². The van der Waals surface area contributed by atoms with Crippen LogP contribution in [-0.2, 0) is 9.59 Å². The van der Waals surface area contributed by atoms with Crippen LogP contribution in [0.25, 0.3) is 0 Å². The van der Waals surface area contributed by atoms with E-state index in [9.17, 15) is 9.59 Å². The number of piperazine rings is 1. The number of hydrogen-bond donors (Lipinski definition) is 3. The van der Waals surface area contributed by atoms with Crippen molar-refractivity contribution in [3.63, 3.8) is 0 Å². The molecule has 6 heteroatoms. The van der Waals surface area contributed by atoms with Crippen LogP contribution >= 0.6 is 22.6 Å². The van der Waals surface area contributed by atoms with Crippen LogP contribution in [0.1, 0.15) is 0 Å². The molecule has 1 fully saturated rings. The van der Waals surface area contributed by atoms with Gasteiger partial charge in [-0.1, -0.05) is 0 Å². The lowest BCUT2D eigenvalue weighted by Crippen LogP contribution is -3.16. The van der Waals surface area contributed by atoms with Gasteiger partial charge in [-0.3, -0.25) is 9.59 Å². The molecular formula is C12H15IN3O2+. The first-order valence-electron chi connectivity index (χ1n) is 5.79. The van der Waals surface area contributed by atoms with Gasteiger partial charge in [-0.25, -0.2) is 0 Å². The zero-order valence-corrected chi connectivity index (χ0v) is 12.0. The summed E-state index contributed by atoms with van der Waals surface area (Å²) in [6, 6.07) is 7.63. The van der Waals surface area contributed by atoms with Gasteiger partial charge < -0.3 is 15.5 Å². The largest absolute Gasteiger partial charge is 0.346 e. The molecule has 1 aromatic rings. The van der Waals surface area contributed by atoms with E-state index in [4.69, 9.17) is 0 Å². The number of nitrogens with one attached hydrogen (secondary N) is 3. The van der Waals surface area contributed by atoms with E-state index >= 15 is 0 Å². The molecule has 5 nitrogen and oxygen atoms in total. The molecule has 2 rings (SSSR count). The van der Waals surface area contributed by atoms with Crippen molar-refractivity contribution in [2.24, 2.45) is 0 Å². The van der Waals surface area contributed by atoms with E-state index in [1.54, 1.807) is 0 Å². The Morgan fingerprint density at radius 3 is 2.78 bits per heavy atom. The van der Waals surface area contributed by atoms with E-state index in [1.165, 1.54) is 0 Å². The van der Waals surface area contributed by atoms with Gasteiger partial charge in [0.05, 0.1) is 13.1 Å². The highest BCUT2D eigenvalue weighted by Gasteiger charge is 2.21. The Hall–Kier alpha value is -1.15. The number of benzene rings is 1. The van der Waals surface area contributed by atoms with Crippen LogP contribution < -0.4 is 15.5 Å². The average molecular weight is 360 g/mol. The Morgan fingerprint density at radius 2 is 2.11 bits per heavy atom. The summed E-state index contributed by atoms with van der Waals surface area (Å²) in [5.41, 5.74) is 0.793. The first-order chi connectivity index (χ1) is 8.63. The smallest absolute Gasteiger partial charge is 0.279 e. The van der Waals surface area contributed by atoms with Gasteiger partial charge in [0.15, 0.2) is 13.1 Å². The summed E-state index contributed by atoms with van der Waals surface area (Å²) in [4.78, 5) is 24.0. The second kappa shape index (κ2) is 6.14. The Bertz CT molecular complexity index is 447. The summed E-state index contributed by atoms with van der Waals surface area (Å²) in [7, 11) is 0. The summed E-state index contributed by atoms with van der Waals surface area (Å²) < 4.78 is 1.13. The minimum absolute atomic E-state index is 0.0123. The third-order valence-electron chi connectivity index (χ3n) is 2.75. The zero-order valence-electron chi connectivity index (χ0n) is 9.83. The van der Waals surface area contributed by atoms with Crippen LogP contribution in [0.3, 0.4) is 0 Å². The first kappa shape index (κ1) is 13.3. The number of halogens is 1. The van der Waals surface area contributed by atoms with Crippen LogP contribution in [0.2, 0.25) is 0 Å². The molecule has 1 saturated heterocycles. The number of hydrogen-bond acceptors (Lipinski definition) is 2. The molecule has 1 aliphatic rings. The molecule has 3 N–H and O–H groups in total. The lowest BCUT2D eigenvalue weighted by Gasteiger charge is -2.22. The number of carbonyl (C=O) groups is 2. The van der Waals surface area contributed by atoms with Crippen LogP contribution in [0, 0.1) is 3.57 Å². The highest BCUT2D eigenvalue weighted by molar-refractivity contribution is 14.1. The molecule has 18 heavy (non-hydrogen) atoms. The molecule has 0 aromatic heterocycles. The topological polar surface area (TPSA) is 62.6 Å². The standard InChI is InChI=1S/C12H14IN3O2/c13-9-1-3-10(4-2-9)15-12(18)8-16-6-5-14-11(17)7-16/h1-4H,5-8H2,(H,14,17)(H,15,18)/p+1. The minimum atomic E-state index is -0.0547. The molecule has 1 unspecified atom stereocenters. The van der Waals surface area contributed by atoms with E-state index in [-0.39, 0.29) is 11.8 Å². The van der Waals surface area contributed by atoms with Crippen molar-refractivity contribution < 1.29 is 14.5 Å². The van der Waals surface area contributed by atoms with Crippen molar-refractivity contribution in [2.45, 2.75) is 0 Å². The summed E-state index contributed by atoms with van der Waals surface area (Å²) >= 11 is 2.22. The molecule has 0 bridgehead atoms. The second-order valence-electron chi connectivity index (χ2n) is 4.26. The summed E-state index contributed by atoms with van der Waals surface area (Å²) in [5, 5.41) is 5.59. The SMILES string of the molecule is O=C1C[NH+](CC(=O)Nc2ccc(I)cc2)CCN1. The highest BCUT2D eigenvalue weighted by atomic mass is 127. The highest BCUT2D eigenvalue weighted by Crippen LogP contribution is 2.10. The Labute approximate surface area is 119 Å². The quantitative estimate of drug-likeness (QED) is 0.621. The maximum absolute atomic E-state index is 11.8. The second-order valence-corrected chi connectivity index (χ2v) is 5.50. The maximum atomic E-state index is 11.8. The van der Waals surface area contributed by atoms with Gasteiger partial charge in [-0.2, -0.15) is 0 Å². The molecule has 2 amide bonds. The van der Waals surface area contributed by atoms with E-state index < -0.39 is 0 Å². The third kappa shape index (κ3) is 3.95. The van der Waals surface area contributed by atoms with Crippen LogP contribution in [-0.4, -0.2) is 38.0 Å². The van der Waals surface area contributed by atoms with E-state index in [0.29, 0.717) is 19.6 Å². The van der Waals surface area contributed by atoms with Crippen molar-refractivity contribution in [1.82, 2.24) is 5.32 Å². The van der Waals surface area contributed by atoms with Gasteiger partial charge in [-0.15, -0.1) is 0 Å². The van der Waals surface area contributed by atoms with E-state index in [2.05, 4.69) is 33.2 Å². The fraction of sp³-hybridized carbons (Fsp3) is 0.333. The molecule has 96 valence electrons. The molecule has 0 radical (unpaired) electrons. The molecule has 0 aliphatic carbocycles. The average Bonchev–Trinajstić information content (AvgIpc) is 2.32. The maximum Gasteiger partial charge on any atom is 0.279 e. The van der Waals surface area contributed by atoms with Gasteiger partial charge in [-0.05, 0) is 46.9 Å². The van der Waals surface area contributed by atoms with Gasteiger partial charge in [0, 0.05) is 9.26 Å². The third-order valence-corrected chi connectivity index (χ3v) is 3.47. The monoisotopic (exact) mass is 360 g/mol. The van der Waals surface area contributed by atoms with Crippen LogP contribution in [0.5, 0.6) is 0 Å². The predicted molar refractivity (Wildman–Crippen MR) is 76.4 cm³/mol. The Kier molecular flexibility index (Phi) is 4.54. The molecule has 1 heterocycles.